The predicted molar refractivity (Wildman–Crippen MR) is 84.5 cm³/mol. The number of hydrogen-bond donors (Lipinski definition) is 1. The highest BCUT2D eigenvalue weighted by atomic mass is 16.7. The van der Waals surface area contributed by atoms with E-state index in [0.29, 0.717) is 18.3 Å². The number of hydrogen-bond acceptors (Lipinski definition) is 4. The van der Waals surface area contributed by atoms with Crippen molar-refractivity contribution in [2.45, 2.75) is 25.5 Å². The lowest BCUT2D eigenvalue weighted by Gasteiger charge is -2.27. The average Bonchev–Trinajstić information content (AvgIpc) is 3.11. The van der Waals surface area contributed by atoms with Gasteiger partial charge in [0.15, 0.2) is 11.5 Å². The van der Waals surface area contributed by atoms with Crippen LogP contribution in [0.25, 0.3) is 0 Å². The summed E-state index contributed by atoms with van der Waals surface area (Å²) in [7, 11) is 0. The molecule has 0 aromatic heterocycles. The number of fused-ring (bicyclic) bond motifs is 2. The highest BCUT2D eigenvalue weighted by molar-refractivity contribution is 5.59. The van der Waals surface area contributed by atoms with E-state index >= 15 is 0 Å². The first kappa shape index (κ1) is 13.5. The normalized spacial score (nSPS) is 20.1. The molecular formula is C18H19NO3. The van der Waals surface area contributed by atoms with E-state index in [1.165, 1.54) is 11.3 Å². The molecule has 1 N–H and O–H groups in total. The maximum absolute atomic E-state index is 10.6. The SMILES string of the molecule is CC1Cc2ccccc2N1CC(O)c1ccc2c(c1)OCO2. The molecule has 2 aliphatic heterocycles. The second kappa shape index (κ2) is 5.21. The summed E-state index contributed by atoms with van der Waals surface area (Å²) in [6.07, 6.45) is 0.479. The van der Waals surface area contributed by atoms with Gasteiger partial charge in [0.05, 0.1) is 6.10 Å². The van der Waals surface area contributed by atoms with Gasteiger partial charge in [0.2, 0.25) is 6.79 Å². The van der Waals surface area contributed by atoms with Crippen LogP contribution in [0.5, 0.6) is 11.5 Å². The van der Waals surface area contributed by atoms with Gasteiger partial charge in [-0.25, -0.2) is 0 Å². The van der Waals surface area contributed by atoms with Crippen molar-refractivity contribution in [3.8, 4) is 11.5 Å². The van der Waals surface area contributed by atoms with Crippen LogP contribution < -0.4 is 14.4 Å². The van der Waals surface area contributed by atoms with E-state index in [-0.39, 0.29) is 6.79 Å². The summed E-state index contributed by atoms with van der Waals surface area (Å²) in [5.41, 5.74) is 3.45. The lowest BCUT2D eigenvalue weighted by atomic mass is 10.1. The van der Waals surface area contributed by atoms with Crippen molar-refractivity contribution in [1.29, 1.82) is 0 Å². The largest absolute Gasteiger partial charge is 0.454 e. The maximum Gasteiger partial charge on any atom is 0.231 e. The second-order valence-corrected chi connectivity index (χ2v) is 5.96. The quantitative estimate of drug-likeness (QED) is 0.946. The lowest BCUT2D eigenvalue weighted by Crippen LogP contribution is -2.33. The monoisotopic (exact) mass is 297 g/mol. The molecule has 4 heteroatoms. The van der Waals surface area contributed by atoms with Crippen LogP contribution in [0.15, 0.2) is 42.5 Å². The summed E-state index contributed by atoms with van der Waals surface area (Å²) in [6, 6.07) is 14.5. The third kappa shape index (κ3) is 2.20. The molecule has 0 saturated heterocycles. The number of nitrogens with zero attached hydrogens (tertiary/aromatic N) is 1. The Morgan fingerprint density at radius 2 is 2.00 bits per heavy atom. The molecule has 2 aromatic carbocycles. The first-order valence-corrected chi connectivity index (χ1v) is 7.64. The summed E-state index contributed by atoms with van der Waals surface area (Å²) in [5.74, 6) is 1.46. The summed E-state index contributed by atoms with van der Waals surface area (Å²) in [4.78, 5) is 2.28. The van der Waals surface area contributed by atoms with Crippen LogP contribution in [0.2, 0.25) is 0 Å². The van der Waals surface area contributed by atoms with Crippen molar-refractivity contribution in [1.82, 2.24) is 0 Å². The molecule has 0 aliphatic carbocycles. The number of β-amino-alcohol motifs (C(OH)–C–C–N with tert-alkyl or cyclic N) is 1. The smallest absolute Gasteiger partial charge is 0.231 e. The Morgan fingerprint density at radius 1 is 1.18 bits per heavy atom. The standard InChI is InChI=1S/C18H19NO3/c1-12-8-13-4-2-3-5-15(13)19(12)10-16(20)14-6-7-17-18(9-14)22-11-21-17/h2-7,9,12,16,20H,8,10-11H2,1H3. The average molecular weight is 297 g/mol. The van der Waals surface area contributed by atoms with Gasteiger partial charge in [0.25, 0.3) is 0 Å². The number of ether oxygens (including phenoxy) is 2. The number of rotatable bonds is 3. The van der Waals surface area contributed by atoms with Gasteiger partial charge in [0.1, 0.15) is 0 Å². The topological polar surface area (TPSA) is 41.9 Å². The molecule has 0 fully saturated rings. The fourth-order valence-electron chi connectivity index (χ4n) is 3.32. The van der Waals surface area contributed by atoms with Crippen LogP contribution in [-0.2, 0) is 6.42 Å². The van der Waals surface area contributed by atoms with Crippen LogP contribution in [0.4, 0.5) is 5.69 Å². The van der Waals surface area contributed by atoms with Gasteiger partial charge in [-0.05, 0) is 42.7 Å². The zero-order valence-electron chi connectivity index (χ0n) is 12.5. The van der Waals surface area contributed by atoms with Gasteiger partial charge in [-0.1, -0.05) is 24.3 Å². The molecule has 0 radical (unpaired) electrons. The predicted octanol–water partition coefficient (Wildman–Crippen LogP) is 2.90. The zero-order chi connectivity index (χ0) is 15.1. The maximum atomic E-state index is 10.6. The van der Waals surface area contributed by atoms with Crippen molar-refractivity contribution in [3.05, 3.63) is 53.6 Å². The molecule has 22 heavy (non-hydrogen) atoms. The third-order valence-electron chi connectivity index (χ3n) is 4.50. The summed E-state index contributed by atoms with van der Waals surface area (Å²) >= 11 is 0. The van der Waals surface area contributed by atoms with E-state index < -0.39 is 6.10 Å². The van der Waals surface area contributed by atoms with Crippen molar-refractivity contribution >= 4 is 5.69 Å². The Kier molecular flexibility index (Phi) is 3.19. The van der Waals surface area contributed by atoms with Gasteiger partial charge >= 0.3 is 0 Å². The van der Waals surface area contributed by atoms with Crippen molar-refractivity contribution in [2.75, 3.05) is 18.2 Å². The van der Waals surface area contributed by atoms with Crippen LogP contribution in [0, 0.1) is 0 Å². The first-order valence-electron chi connectivity index (χ1n) is 7.64. The van der Waals surface area contributed by atoms with E-state index in [1.807, 2.05) is 18.2 Å². The van der Waals surface area contributed by atoms with E-state index in [0.717, 1.165) is 17.7 Å². The molecule has 0 spiro atoms. The Morgan fingerprint density at radius 3 is 2.91 bits per heavy atom. The summed E-state index contributed by atoms with van der Waals surface area (Å²) < 4.78 is 10.7. The summed E-state index contributed by atoms with van der Waals surface area (Å²) in [6.45, 7) is 3.04. The van der Waals surface area contributed by atoms with Gasteiger partial charge < -0.3 is 19.5 Å². The molecule has 2 aromatic rings. The van der Waals surface area contributed by atoms with Crippen LogP contribution in [-0.4, -0.2) is 24.5 Å². The minimum atomic E-state index is -0.553. The van der Waals surface area contributed by atoms with E-state index in [4.69, 9.17) is 9.47 Å². The molecule has 2 atom stereocenters. The number of aliphatic hydroxyl groups is 1. The molecule has 4 nitrogen and oxygen atoms in total. The van der Waals surface area contributed by atoms with Crippen LogP contribution in [0.1, 0.15) is 24.2 Å². The summed E-state index contributed by atoms with van der Waals surface area (Å²) in [5, 5.41) is 10.6. The molecule has 114 valence electrons. The van der Waals surface area contributed by atoms with E-state index in [2.05, 4.69) is 36.1 Å². The first-order chi connectivity index (χ1) is 10.7. The van der Waals surface area contributed by atoms with Gasteiger partial charge in [-0.3, -0.25) is 0 Å². The zero-order valence-corrected chi connectivity index (χ0v) is 12.5. The molecule has 2 aliphatic rings. The minimum Gasteiger partial charge on any atom is -0.454 e. The third-order valence-corrected chi connectivity index (χ3v) is 4.50. The van der Waals surface area contributed by atoms with E-state index in [9.17, 15) is 5.11 Å². The molecule has 2 heterocycles. The lowest BCUT2D eigenvalue weighted by molar-refractivity contribution is 0.172. The van der Waals surface area contributed by atoms with E-state index in [1.54, 1.807) is 0 Å². The fraction of sp³-hybridized carbons (Fsp3) is 0.333. The van der Waals surface area contributed by atoms with Crippen molar-refractivity contribution in [3.63, 3.8) is 0 Å². The van der Waals surface area contributed by atoms with Crippen molar-refractivity contribution < 1.29 is 14.6 Å². The van der Waals surface area contributed by atoms with Crippen molar-refractivity contribution in [2.24, 2.45) is 0 Å². The highest BCUT2D eigenvalue weighted by Gasteiger charge is 2.28. The minimum absolute atomic E-state index is 0.255. The second-order valence-electron chi connectivity index (χ2n) is 5.96. The molecule has 4 rings (SSSR count). The molecular weight excluding hydrogens is 278 g/mol. The number of para-hydroxylation sites is 1. The molecule has 2 unspecified atom stereocenters. The number of benzene rings is 2. The highest BCUT2D eigenvalue weighted by Crippen LogP contribution is 2.36. The fourth-order valence-corrected chi connectivity index (χ4v) is 3.32. The molecule has 0 bridgehead atoms. The van der Waals surface area contributed by atoms with Crippen LogP contribution in [0.3, 0.4) is 0 Å². The van der Waals surface area contributed by atoms with Crippen LogP contribution >= 0.6 is 0 Å². The molecule has 0 amide bonds. The van der Waals surface area contributed by atoms with Gasteiger partial charge in [-0.2, -0.15) is 0 Å². The number of aliphatic hydroxyl groups excluding tert-OH is 1. The Hall–Kier alpha value is -2.20. The van der Waals surface area contributed by atoms with Gasteiger partial charge in [0, 0.05) is 18.3 Å². The Balaban J connectivity index is 1.56. The Bertz CT molecular complexity index is 700. The molecule has 0 saturated carbocycles. The Labute approximate surface area is 129 Å². The van der Waals surface area contributed by atoms with Gasteiger partial charge in [-0.15, -0.1) is 0 Å². The number of anilines is 1.